The van der Waals surface area contributed by atoms with Crippen molar-refractivity contribution in [2.75, 3.05) is 0 Å². The molecule has 0 aromatic heterocycles. The summed E-state index contributed by atoms with van der Waals surface area (Å²) in [7, 11) is 0. The average molecular weight is 312 g/mol. The normalized spacial score (nSPS) is 12.3. The van der Waals surface area contributed by atoms with Crippen LogP contribution in [0.15, 0.2) is 42.5 Å². The van der Waals surface area contributed by atoms with Crippen LogP contribution < -0.4 is 4.74 Å². The van der Waals surface area contributed by atoms with E-state index in [0.29, 0.717) is 11.1 Å². The highest BCUT2D eigenvalue weighted by Crippen LogP contribution is 2.31. The van der Waals surface area contributed by atoms with Crippen molar-refractivity contribution in [3.8, 4) is 16.9 Å². The highest BCUT2D eigenvalue weighted by Gasteiger charge is 2.31. The van der Waals surface area contributed by atoms with Gasteiger partial charge in [0.25, 0.3) is 0 Å². The molecule has 0 aliphatic carbocycles. The second kappa shape index (κ2) is 5.63. The van der Waals surface area contributed by atoms with Gasteiger partial charge in [-0.15, -0.1) is 13.2 Å². The van der Waals surface area contributed by atoms with Gasteiger partial charge in [-0.1, -0.05) is 39.0 Å². The Morgan fingerprint density at radius 1 is 0.864 bits per heavy atom. The Morgan fingerprint density at radius 3 is 1.95 bits per heavy atom. The van der Waals surface area contributed by atoms with Crippen molar-refractivity contribution in [1.29, 1.82) is 0 Å². The quantitative estimate of drug-likeness (QED) is 0.647. The number of hydrogen-bond donors (Lipinski definition) is 0. The molecule has 0 heterocycles. The minimum atomic E-state index is -4.74. The van der Waals surface area contributed by atoms with Gasteiger partial charge >= 0.3 is 6.36 Å². The maximum atomic E-state index is 14.0. The molecule has 0 amide bonds. The van der Waals surface area contributed by atoms with Crippen LogP contribution in [0.4, 0.5) is 17.6 Å². The third-order valence-corrected chi connectivity index (χ3v) is 3.23. The molecule has 0 saturated carbocycles. The molecule has 0 spiro atoms. The third-order valence-electron chi connectivity index (χ3n) is 3.23. The molecule has 0 unspecified atom stereocenters. The molecule has 0 aliphatic rings. The van der Waals surface area contributed by atoms with Crippen molar-refractivity contribution in [3.63, 3.8) is 0 Å². The molecular weight excluding hydrogens is 296 g/mol. The molecule has 118 valence electrons. The zero-order chi connectivity index (χ0) is 16.5. The van der Waals surface area contributed by atoms with Gasteiger partial charge in [0, 0.05) is 5.56 Å². The first-order valence-corrected chi connectivity index (χ1v) is 6.72. The number of halogens is 4. The summed E-state index contributed by atoms with van der Waals surface area (Å²) in [6, 6.07) is 9.96. The fraction of sp³-hybridized carbons (Fsp3) is 0.294. The highest BCUT2D eigenvalue weighted by atomic mass is 19.4. The Morgan fingerprint density at radius 2 is 1.45 bits per heavy atom. The topological polar surface area (TPSA) is 9.23 Å². The van der Waals surface area contributed by atoms with E-state index in [9.17, 15) is 17.6 Å². The highest BCUT2D eigenvalue weighted by molar-refractivity contribution is 5.66. The molecule has 0 saturated heterocycles. The zero-order valence-corrected chi connectivity index (χ0v) is 12.5. The molecule has 0 fully saturated rings. The molecule has 0 atom stereocenters. The standard InChI is InChI=1S/C17H16F4O/c1-16(2,3)12-6-9-15(18)14(10-12)11-4-7-13(8-5-11)22-17(19,20)21/h4-10H,1-3H3. The van der Waals surface area contributed by atoms with Crippen molar-refractivity contribution >= 4 is 0 Å². The molecule has 0 bridgehead atoms. The number of alkyl halides is 3. The van der Waals surface area contributed by atoms with Crippen LogP contribution in [0.3, 0.4) is 0 Å². The Kier molecular flexibility index (Phi) is 4.18. The minimum Gasteiger partial charge on any atom is -0.406 e. The third kappa shape index (κ3) is 4.00. The first kappa shape index (κ1) is 16.3. The maximum Gasteiger partial charge on any atom is 0.573 e. The van der Waals surface area contributed by atoms with Crippen LogP contribution >= 0.6 is 0 Å². The van der Waals surface area contributed by atoms with Gasteiger partial charge in [0.1, 0.15) is 11.6 Å². The zero-order valence-electron chi connectivity index (χ0n) is 12.5. The summed E-state index contributed by atoms with van der Waals surface area (Å²) >= 11 is 0. The van der Waals surface area contributed by atoms with Crippen LogP contribution in [0.2, 0.25) is 0 Å². The monoisotopic (exact) mass is 312 g/mol. The van der Waals surface area contributed by atoms with E-state index in [4.69, 9.17) is 0 Å². The van der Waals surface area contributed by atoms with Crippen LogP contribution in [0.25, 0.3) is 11.1 Å². The molecular formula is C17H16F4O. The van der Waals surface area contributed by atoms with E-state index in [1.165, 1.54) is 30.3 Å². The van der Waals surface area contributed by atoms with E-state index in [1.807, 2.05) is 20.8 Å². The Bertz CT molecular complexity index is 652. The van der Waals surface area contributed by atoms with Crippen LogP contribution in [0, 0.1) is 5.82 Å². The lowest BCUT2D eigenvalue weighted by Crippen LogP contribution is -2.16. The van der Waals surface area contributed by atoms with Crippen LogP contribution in [0.1, 0.15) is 26.3 Å². The number of ether oxygens (including phenoxy) is 1. The van der Waals surface area contributed by atoms with Gasteiger partial charge in [0.2, 0.25) is 0 Å². The fourth-order valence-electron chi connectivity index (χ4n) is 2.05. The Hall–Kier alpha value is -2.04. The van der Waals surface area contributed by atoms with Crippen molar-refractivity contribution in [1.82, 2.24) is 0 Å². The fourth-order valence-corrected chi connectivity index (χ4v) is 2.05. The van der Waals surface area contributed by atoms with Gasteiger partial charge in [-0.05, 0) is 40.8 Å². The van der Waals surface area contributed by atoms with Gasteiger partial charge in [-0.2, -0.15) is 0 Å². The molecule has 0 aliphatic heterocycles. The molecule has 5 heteroatoms. The van der Waals surface area contributed by atoms with E-state index in [1.54, 1.807) is 12.1 Å². The van der Waals surface area contributed by atoms with Crippen molar-refractivity contribution < 1.29 is 22.3 Å². The first-order chi connectivity index (χ1) is 10.1. The van der Waals surface area contributed by atoms with Crippen LogP contribution in [-0.4, -0.2) is 6.36 Å². The second-order valence-electron chi connectivity index (χ2n) is 6.02. The summed E-state index contributed by atoms with van der Waals surface area (Å²) in [6.07, 6.45) is -4.74. The van der Waals surface area contributed by atoms with E-state index in [-0.39, 0.29) is 11.2 Å². The molecule has 22 heavy (non-hydrogen) atoms. The Labute approximate surface area is 126 Å². The number of rotatable bonds is 2. The van der Waals surface area contributed by atoms with Crippen LogP contribution in [0.5, 0.6) is 5.75 Å². The second-order valence-corrected chi connectivity index (χ2v) is 6.02. The van der Waals surface area contributed by atoms with E-state index in [2.05, 4.69) is 4.74 Å². The summed E-state index contributed by atoms with van der Waals surface area (Å²) in [4.78, 5) is 0. The predicted molar refractivity (Wildman–Crippen MR) is 77.2 cm³/mol. The lowest BCUT2D eigenvalue weighted by molar-refractivity contribution is -0.274. The van der Waals surface area contributed by atoms with Gasteiger partial charge in [0.05, 0.1) is 0 Å². The molecule has 2 rings (SSSR count). The summed E-state index contributed by atoms with van der Waals surface area (Å²) in [5.74, 6) is -0.749. The lowest BCUT2D eigenvalue weighted by atomic mass is 9.85. The Balaban J connectivity index is 2.36. The van der Waals surface area contributed by atoms with Gasteiger partial charge < -0.3 is 4.74 Å². The van der Waals surface area contributed by atoms with Gasteiger partial charge in [0.15, 0.2) is 0 Å². The molecule has 2 aromatic carbocycles. The van der Waals surface area contributed by atoms with Gasteiger partial charge in [-0.3, -0.25) is 0 Å². The minimum absolute atomic E-state index is 0.151. The number of benzene rings is 2. The SMILES string of the molecule is CC(C)(C)c1ccc(F)c(-c2ccc(OC(F)(F)F)cc2)c1. The summed E-state index contributed by atoms with van der Waals surface area (Å²) in [5.41, 5.74) is 1.64. The van der Waals surface area contributed by atoms with Crippen molar-refractivity contribution in [2.45, 2.75) is 32.5 Å². The molecule has 0 radical (unpaired) electrons. The summed E-state index contributed by atoms with van der Waals surface area (Å²) in [6.45, 7) is 6.01. The largest absolute Gasteiger partial charge is 0.573 e. The summed E-state index contributed by atoms with van der Waals surface area (Å²) in [5, 5.41) is 0. The van der Waals surface area contributed by atoms with E-state index >= 15 is 0 Å². The summed E-state index contributed by atoms with van der Waals surface area (Å²) < 4.78 is 54.2. The molecule has 2 aromatic rings. The van der Waals surface area contributed by atoms with E-state index in [0.717, 1.165) is 5.56 Å². The number of hydrogen-bond acceptors (Lipinski definition) is 1. The van der Waals surface area contributed by atoms with Crippen LogP contribution in [-0.2, 0) is 5.41 Å². The molecule has 0 N–H and O–H groups in total. The average Bonchev–Trinajstić information content (AvgIpc) is 2.37. The first-order valence-electron chi connectivity index (χ1n) is 6.72. The van der Waals surface area contributed by atoms with E-state index < -0.39 is 12.2 Å². The maximum absolute atomic E-state index is 14.0. The smallest absolute Gasteiger partial charge is 0.406 e. The van der Waals surface area contributed by atoms with Gasteiger partial charge in [-0.25, -0.2) is 4.39 Å². The van der Waals surface area contributed by atoms with Crippen molar-refractivity contribution in [2.24, 2.45) is 0 Å². The lowest BCUT2D eigenvalue weighted by Gasteiger charge is -2.20. The predicted octanol–water partition coefficient (Wildman–Crippen LogP) is 5.69. The molecule has 1 nitrogen and oxygen atoms in total. The van der Waals surface area contributed by atoms with Crippen molar-refractivity contribution in [3.05, 3.63) is 53.8 Å².